The van der Waals surface area contributed by atoms with Gasteiger partial charge in [0.05, 0.1) is 12.0 Å². The molecule has 5 nitrogen and oxygen atoms in total. The number of aromatic amines is 1. The molecular weight excluding hydrogens is 196 g/mol. The van der Waals surface area contributed by atoms with E-state index >= 15 is 0 Å². The molecule has 15 heavy (non-hydrogen) atoms. The summed E-state index contributed by atoms with van der Waals surface area (Å²) in [7, 11) is 1.59. The molecular formula is C10H16N2O3. The van der Waals surface area contributed by atoms with Crippen molar-refractivity contribution in [2.24, 2.45) is 13.0 Å². The maximum atomic E-state index is 11.6. The first-order valence-electron chi connectivity index (χ1n) is 4.90. The predicted octanol–water partition coefficient (Wildman–Crippen LogP) is 0.539. The van der Waals surface area contributed by atoms with Crippen molar-refractivity contribution in [1.29, 1.82) is 0 Å². The van der Waals surface area contributed by atoms with Gasteiger partial charge in [-0.1, -0.05) is 13.8 Å². The Balaban J connectivity index is 3.09. The highest BCUT2D eigenvalue weighted by molar-refractivity contribution is 5.70. The van der Waals surface area contributed by atoms with Crippen molar-refractivity contribution in [3.63, 3.8) is 0 Å². The van der Waals surface area contributed by atoms with E-state index in [9.17, 15) is 9.59 Å². The molecule has 0 bridgehead atoms. The summed E-state index contributed by atoms with van der Waals surface area (Å²) in [5.74, 6) is -0.590. The number of aryl methyl sites for hydroxylation is 1. The summed E-state index contributed by atoms with van der Waals surface area (Å²) >= 11 is 0. The normalized spacial score (nSPS) is 10.9. The summed E-state index contributed by atoms with van der Waals surface area (Å²) in [4.78, 5) is 22.2. The number of carboxylic acids is 1. The Morgan fingerprint density at radius 3 is 2.60 bits per heavy atom. The van der Waals surface area contributed by atoms with Crippen molar-refractivity contribution in [3.8, 4) is 0 Å². The monoisotopic (exact) mass is 212 g/mol. The van der Waals surface area contributed by atoms with Gasteiger partial charge in [0.1, 0.15) is 0 Å². The van der Waals surface area contributed by atoms with E-state index in [0.717, 1.165) is 5.69 Å². The predicted molar refractivity (Wildman–Crippen MR) is 55.9 cm³/mol. The van der Waals surface area contributed by atoms with Crippen molar-refractivity contribution in [3.05, 3.63) is 21.6 Å². The Morgan fingerprint density at radius 2 is 2.13 bits per heavy atom. The van der Waals surface area contributed by atoms with Gasteiger partial charge in [-0.05, 0) is 12.3 Å². The maximum Gasteiger partial charge on any atom is 0.308 e. The Morgan fingerprint density at radius 1 is 1.53 bits per heavy atom. The second-order valence-electron chi connectivity index (χ2n) is 4.10. The molecule has 1 aromatic heterocycles. The Hall–Kier alpha value is -1.52. The summed E-state index contributed by atoms with van der Waals surface area (Å²) in [6, 6.07) is 0. The highest BCUT2D eigenvalue weighted by Gasteiger charge is 2.15. The van der Waals surface area contributed by atoms with Gasteiger partial charge in [-0.25, -0.2) is 0 Å². The first kappa shape index (κ1) is 11.6. The van der Waals surface area contributed by atoms with Gasteiger partial charge in [0.2, 0.25) is 0 Å². The maximum absolute atomic E-state index is 11.6. The number of carbonyl (C=O) groups is 1. The molecule has 0 spiro atoms. The van der Waals surface area contributed by atoms with Crippen LogP contribution in [0.1, 0.15) is 25.1 Å². The van der Waals surface area contributed by atoms with E-state index in [1.165, 1.54) is 4.68 Å². The van der Waals surface area contributed by atoms with Gasteiger partial charge in [-0.15, -0.1) is 0 Å². The molecule has 2 N–H and O–H groups in total. The van der Waals surface area contributed by atoms with E-state index in [4.69, 9.17) is 5.11 Å². The lowest BCUT2D eigenvalue weighted by Gasteiger charge is -2.03. The van der Waals surface area contributed by atoms with Crippen molar-refractivity contribution in [2.45, 2.75) is 26.7 Å². The molecule has 0 radical (unpaired) electrons. The van der Waals surface area contributed by atoms with Crippen LogP contribution in [0.15, 0.2) is 4.79 Å². The third-order valence-electron chi connectivity index (χ3n) is 2.17. The van der Waals surface area contributed by atoms with Gasteiger partial charge in [-0.2, -0.15) is 0 Å². The molecule has 1 aromatic rings. The summed E-state index contributed by atoms with van der Waals surface area (Å²) in [5, 5.41) is 11.6. The van der Waals surface area contributed by atoms with Crippen LogP contribution in [0, 0.1) is 5.92 Å². The zero-order valence-corrected chi connectivity index (χ0v) is 9.20. The summed E-state index contributed by atoms with van der Waals surface area (Å²) in [6.45, 7) is 4.05. The zero-order chi connectivity index (χ0) is 11.6. The van der Waals surface area contributed by atoms with Crippen molar-refractivity contribution >= 4 is 5.97 Å². The lowest BCUT2D eigenvalue weighted by atomic mass is 10.0. The molecule has 0 aliphatic rings. The molecule has 0 atom stereocenters. The molecule has 0 unspecified atom stereocenters. The Labute approximate surface area is 87.7 Å². The molecule has 0 saturated heterocycles. The second kappa shape index (κ2) is 4.33. The van der Waals surface area contributed by atoms with Crippen LogP contribution in [-0.2, 0) is 24.7 Å². The molecule has 5 heteroatoms. The number of aromatic nitrogens is 2. The molecule has 0 amide bonds. The fourth-order valence-corrected chi connectivity index (χ4v) is 1.56. The molecule has 0 aromatic carbocycles. The summed E-state index contributed by atoms with van der Waals surface area (Å²) in [5.41, 5.74) is 0.867. The van der Waals surface area contributed by atoms with Crippen LogP contribution in [0.2, 0.25) is 0 Å². The van der Waals surface area contributed by atoms with Crippen LogP contribution in [0.4, 0.5) is 0 Å². The Bertz CT molecular complexity index is 415. The van der Waals surface area contributed by atoms with Crippen LogP contribution in [0.25, 0.3) is 0 Å². The average molecular weight is 212 g/mol. The van der Waals surface area contributed by atoms with Crippen molar-refractivity contribution in [1.82, 2.24) is 9.78 Å². The lowest BCUT2D eigenvalue weighted by molar-refractivity contribution is -0.136. The van der Waals surface area contributed by atoms with Crippen molar-refractivity contribution < 1.29 is 9.90 Å². The minimum absolute atomic E-state index is 0.210. The first-order chi connectivity index (χ1) is 6.91. The summed E-state index contributed by atoms with van der Waals surface area (Å²) in [6.07, 6.45) is 0.483. The standard InChI is InChI=1S/C10H16N2O3/c1-6(2)4-8-7(5-9(13)14)10(15)12(3)11-8/h6,11H,4-5H2,1-3H3,(H,13,14). The van der Waals surface area contributed by atoms with Crippen LogP contribution >= 0.6 is 0 Å². The van der Waals surface area contributed by atoms with Gasteiger partial charge in [0, 0.05) is 12.7 Å². The average Bonchev–Trinajstić information content (AvgIpc) is 2.31. The number of hydrogen-bond donors (Lipinski definition) is 2. The second-order valence-corrected chi connectivity index (χ2v) is 4.10. The molecule has 0 saturated carbocycles. The number of nitrogens with one attached hydrogen (secondary N) is 1. The quantitative estimate of drug-likeness (QED) is 0.764. The van der Waals surface area contributed by atoms with E-state index in [1.807, 2.05) is 13.8 Å². The van der Waals surface area contributed by atoms with E-state index in [0.29, 0.717) is 17.9 Å². The largest absolute Gasteiger partial charge is 0.481 e. The smallest absolute Gasteiger partial charge is 0.308 e. The van der Waals surface area contributed by atoms with Crippen molar-refractivity contribution in [2.75, 3.05) is 0 Å². The molecule has 1 rings (SSSR count). The van der Waals surface area contributed by atoms with Gasteiger partial charge in [0.15, 0.2) is 0 Å². The van der Waals surface area contributed by atoms with E-state index in [-0.39, 0.29) is 12.0 Å². The molecule has 0 aliphatic carbocycles. The van der Waals surface area contributed by atoms with Gasteiger partial charge < -0.3 is 5.11 Å². The number of aliphatic carboxylic acids is 1. The van der Waals surface area contributed by atoms with E-state index < -0.39 is 5.97 Å². The molecule has 0 aliphatic heterocycles. The summed E-state index contributed by atoms with van der Waals surface area (Å²) < 4.78 is 1.33. The fraction of sp³-hybridized carbons (Fsp3) is 0.600. The van der Waals surface area contributed by atoms with Crippen LogP contribution in [-0.4, -0.2) is 20.9 Å². The number of carboxylic acid groups (broad SMARTS) is 1. The first-order valence-corrected chi connectivity index (χ1v) is 4.90. The number of hydrogen-bond acceptors (Lipinski definition) is 2. The van der Waals surface area contributed by atoms with Gasteiger partial charge in [0.25, 0.3) is 5.56 Å². The van der Waals surface area contributed by atoms with E-state index in [2.05, 4.69) is 5.10 Å². The molecule has 84 valence electrons. The minimum atomic E-state index is -0.975. The topological polar surface area (TPSA) is 75.1 Å². The van der Waals surface area contributed by atoms with Crippen LogP contribution in [0.5, 0.6) is 0 Å². The zero-order valence-electron chi connectivity index (χ0n) is 9.20. The third kappa shape index (κ3) is 2.71. The van der Waals surface area contributed by atoms with Crippen LogP contribution in [0.3, 0.4) is 0 Å². The highest BCUT2D eigenvalue weighted by Crippen LogP contribution is 2.08. The third-order valence-corrected chi connectivity index (χ3v) is 2.17. The number of rotatable bonds is 4. The minimum Gasteiger partial charge on any atom is -0.481 e. The molecule has 0 fully saturated rings. The van der Waals surface area contributed by atoms with E-state index in [1.54, 1.807) is 7.05 Å². The number of H-pyrrole nitrogens is 1. The van der Waals surface area contributed by atoms with Gasteiger partial charge in [-0.3, -0.25) is 19.4 Å². The fourth-order valence-electron chi connectivity index (χ4n) is 1.56. The number of nitrogens with zero attached hydrogens (tertiary/aromatic N) is 1. The van der Waals surface area contributed by atoms with Gasteiger partial charge >= 0.3 is 5.97 Å². The molecule has 1 heterocycles. The Kier molecular flexibility index (Phi) is 3.34. The lowest BCUT2D eigenvalue weighted by Crippen LogP contribution is -2.18. The van der Waals surface area contributed by atoms with Crippen LogP contribution < -0.4 is 5.56 Å². The SMILES string of the molecule is CC(C)Cc1[nH]n(C)c(=O)c1CC(=O)O. The highest BCUT2D eigenvalue weighted by atomic mass is 16.4.